The molecule has 0 unspecified atom stereocenters. The summed E-state index contributed by atoms with van der Waals surface area (Å²) in [4.78, 5) is 23.4. The predicted molar refractivity (Wildman–Crippen MR) is 109 cm³/mol. The number of halogens is 3. The number of pyridine rings is 1. The third-order valence-electron chi connectivity index (χ3n) is 4.53. The van der Waals surface area contributed by atoms with Crippen molar-refractivity contribution in [1.29, 1.82) is 0 Å². The standard InChI is InChI=1S/C18H14BrCl2N3OS/c19-11-7-13(16(21)22-9-11)18(25)24-5-3-10(4-6-24)17-23-14-8-12(20)1-2-15(14)26-17/h1-2,7-10H,3-6H2. The molecule has 8 heteroatoms. The lowest BCUT2D eigenvalue weighted by atomic mass is 9.97. The molecule has 0 spiro atoms. The van der Waals surface area contributed by atoms with Crippen molar-refractivity contribution in [3.05, 3.63) is 55.7 Å². The van der Waals surface area contributed by atoms with E-state index in [1.54, 1.807) is 23.6 Å². The molecular formula is C18H14BrCl2N3OS. The van der Waals surface area contributed by atoms with Crippen LogP contribution in [0.3, 0.4) is 0 Å². The van der Waals surface area contributed by atoms with E-state index in [0.29, 0.717) is 29.6 Å². The number of benzene rings is 1. The summed E-state index contributed by atoms with van der Waals surface area (Å²) in [6.45, 7) is 1.37. The third kappa shape index (κ3) is 3.60. The van der Waals surface area contributed by atoms with Gasteiger partial charge < -0.3 is 4.90 Å². The lowest BCUT2D eigenvalue weighted by Gasteiger charge is -2.31. The van der Waals surface area contributed by atoms with Crippen molar-refractivity contribution in [3.63, 3.8) is 0 Å². The molecule has 0 saturated carbocycles. The van der Waals surface area contributed by atoms with Gasteiger partial charge in [-0.25, -0.2) is 9.97 Å². The Morgan fingerprint density at radius 1 is 1.23 bits per heavy atom. The van der Waals surface area contributed by atoms with Crippen LogP contribution in [0.5, 0.6) is 0 Å². The van der Waals surface area contributed by atoms with Gasteiger partial charge in [-0.2, -0.15) is 0 Å². The van der Waals surface area contributed by atoms with Crippen LogP contribution in [0.1, 0.15) is 34.1 Å². The molecule has 3 heterocycles. The maximum absolute atomic E-state index is 12.7. The summed E-state index contributed by atoms with van der Waals surface area (Å²) < 4.78 is 1.89. The van der Waals surface area contributed by atoms with Crippen LogP contribution in [-0.4, -0.2) is 33.9 Å². The van der Waals surface area contributed by atoms with Crippen molar-refractivity contribution in [2.45, 2.75) is 18.8 Å². The SMILES string of the molecule is O=C(c1cc(Br)cnc1Cl)N1CCC(c2nc3cc(Cl)ccc3s2)CC1. The molecule has 1 aliphatic rings. The minimum Gasteiger partial charge on any atom is -0.339 e. The second-order valence-electron chi connectivity index (χ2n) is 6.22. The lowest BCUT2D eigenvalue weighted by Crippen LogP contribution is -2.38. The number of nitrogens with zero attached hydrogens (tertiary/aromatic N) is 3. The summed E-state index contributed by atoms with van der Waals surface area (Å²) in [7, 11) is 0. The molecule has 1 fully saturated rings. The molecule has 0 bridgehead atoms. The van der Waals surface area contributed by atoms with Crippen molar-refractivity contribution in [1.82, 2.24) is 14.9 Å². The van der Waals surface area contributed by atoms with E-state index in [-0.39, 0.29) is 11.1 Å². The van der Waals surface area contributed by atoms with Gasteiger partial charge >= 0.3 is 0 Å². The topological polar surface area (TPSA) is 46.1 Å². The first-order chi connectivity index (χ1) is 12.5. The first-order valence-corrected chi connectivity index (χ1v) is 10.5. The van der Waals surface area contributed by atoms with E-state index in [2.05, 4.69) is 20.9 Å². The molecule has 0 radical (unpaired) electrons. The van der Waals surface area contributed by atoms with Crippen molar-refractivity contribution in [2.75, 3.05) is 13.1 Å². The Labute approximate surface area is 173 Å². The molecule has 26 heavy (non-hydrogen) atoms. The molecule has 1 amide bonds. The minimum atomic E-state index is -0.0710. The zero-order chi connectivity index (χ0) is 18.3. The second-order valence-corrected chi connectivity index (χ2v) is 8.99. The zero-order valence-corrected chi connectivity index (χ0v) is 17.5. The molecule has 0 atom stereocenters. The molecule has 134 valence electrons. The Hall–Kier alpha value is -1.21. The van der Waals surface area contributed by atoms with Crippen LogP contribution in [0.2, 0.25) is 10.2 Å². The Kier molecular flexibility index (Phi) is 5.19. The number of fused-ring (bicyclic) bond motifs is 1. The first-order valence-electron chi connectivity index (χ1n) is 8.17. The van der Waals surface area contributed by atoms with Crippen LogP contribution in [0, 0.1) is 0 Å². The molecule has 1 aliphatic heterocycles. The average Bonchev–Trinajstić information content (AvgIpc) is 3.06. The molecular weight excluding hydrogens is 457 g/mol. The molecule has 2 aromatic heterocycles. The fourth-order valence-corrected chi connectivity index (χ4v) is 4.96. The highest BCUT2D eigenvalue weighted by Gasteiger charge is 2.27. The Balaban J connectivity index is 1.48. The monoisotopic (exact) mass is 469 g/mol. The highest BCUT2D eigenvalue weighted by atomic mass is 79.9. The maximum Gasteiger partial charge on any atom is 0.257 e. The minimum absolute atomic E-state index is 0.0710. The number of hydrogen-bond donors (Lipinski definition) is 0. The normalized spacial score (nSPS) is 15.6. The number of piperidine rings is 1. The van der Waals surface area contributed by atoms with Crippen LogP contribution in [0.25, 0.3) is 10.2 Å². The summed E-state index contributed by atoms with van der Waals surface area (Å²) in [5.41, 5.74) is 1.39. The van der Waals surface area contributed by atoms with E-state index in [0.717, 1.165) is 32.5 Å². The quantitative estimate of drug-likeness (QED) is 0.446. The number of amides is 1. The van der Waals surface area contributed by atoms with Gasteiger partial charge in [-0.15, -0.1) is 11.3 Å². The van der Waals surface area contributed by atoms with Gasteiger partial charge in [0.2, 0.25) is 0 Å². The molecule has 0 aliphatic carbocycles. The fourth-order valence-electron chi connectivity index (χ4n) is 3.17. The zero-order valence-electron chi connectivity index (χ0n) is 13.6. The van der Waals surface area contributed by atoms with Gasteiger partial charge in [0.05, 0.1) is 20.8 Å². The smallest absolute Gasteiger partial charge is 0.257 e. The summed E-state index contributed by atoms with van der Waals surface area (Å²) in [5, 5.41) is 2.06. The van der Waals surface area contributed by atoms with Crippen LogP contribution in [-0.2, 0) is 0 Å². The third-order valence-corrected chi connectivity index (χ3v) is 6.70. The van der Waals surface area contributed by atoms with Gasteiger partial charge in [-0.05, 0) is 53.0 Å². The van der Waals surface area contributed by atoms with Gasteiger partial charge in [-0.1, -0.05) is 23.2 Å². The summed E-state index contributed by atoms with van der Waals surface area (Å²) in [6, 6.07) is 7.53. The Morgan fingerprint density at radius 3 is 2.77 bits per heavy atom. The van der Waals surface area contributed by atoms with Gasteiger partial charge in [0.15, 0.2) is 0 Å². The van der Waals surface area contributed by atoms with Crippen molar-refractivity contribution < 1.29 is 4.79 Å². The van der Waals surface area contributed by atoms with Gasteiger partial charge in [0, 0.05) is 34.7 Å². The maximum atomic E-state index is 12.7. The van der Waals surface area contributed by atoms with E-state index in [9.17, 15) is 4.79 Å². The number of carbonyl (C=O) groups excluding carboxylic acids is 1. The molecule has 3 aromatic rings. The van der Waals surface area contributed by atoms with E-state index in [1.807, 2.05) is 23.1 Å². The summed E-state index contributed by atoms with van der Waals surface area (Å²) in [6.07, 6.45) is 3.36. The number of aromatic nitrogens is 2. The van der Waals surface area contributed by atoms with Crippen molar-refractivity contribution in [3.8, 4) is 0 Å². The molecule has 1 saturated heterocycles. The molecule has 4 rings (SSSR count). The first kappa shape index (κ1) is 18.2. The molecule has 4 nitrogen and oxygen atoms in total. The Bertz CT molecular complexity index is 986. The van der Waals surface area contributed by atoms with Crippen LogP contribution < -0.4 is 0 Å². The fraction of sp³-hybridized carbons (Fsp3) is 0.278. The van der Waals surface area contributed by atoms with E-state index < -0.39 is 0 Å². The number of thiazole rings is 1. The summed E-state index contributed by atoms with van der Waals surface area (Å²) >= 11 is 17.2. The van der Waals surface area contributed by atoms with Gasteiger partial charge in [-0.3, -0.25) is 4.79 Å². The van der Waals surface area contributed by atoms with Crippen molar-refractivity contribution in [2.24, 2.45) is 0 Å². The number of rotatable bonds is 2. The number of hydrogen-bond acceptors (Lipinski definition) is 4. The number of likely N-dealkylation sites (tertiary alicyclic amines) is 1. The van der Waals surface area contributed by atoms with Crippen LogP contribution >= 0.6 is 50.5 Å². The highest BCUT2D eigenvalue weighted by Crippen LogP contribution is 2.35. The second kappa shape index (κ2) is 7.43. The Morgan fingerprint density at radius 2 is 2.00 bits per heavy atom. The van der Waals surface area contributed by atoms with Crippen LogP contribution in [0.15, 0.2) is 34.9 Å². The van der Waals surface area contributed by atoms with Crippen LogP contribution in [0.4, 0.5) is 0 Å². The average molecular weight is 471 g/mol. The molecule has 1 aromatic carbocycles. The van der Waals surface area contributed by atoms with Crippen molar-refractivity contribution >= 4 is 66.6 Å². The van der Waals surface area contributed by atoms with E-state index in [1.165, 1.54) is 0 Å². The number of carbonyl (C=O) groups is 1. The predicted octanol–water partition coefficient (Wildman–Crippen LogP) is 5.78. The molecule has 0 N–H and O–H groups in total. The lowest BCUT2D eigenvalue weighted by molar-refractivity contribution is 0.0712. The van der Waals surface area contributed by atoms with E-state index in [4.69, 9.17) is 28.2 Å². The largest absolute Gasteiger partial charge is 0.339 e. The summed E-state index contributed by atoms with van der Waals surface area (Å²) in [5.74, 6) is 0.296. The van der Waals surface area contributed by atoms with Gasteiger partial charge in [0.25, 0.3) is 5.91 Å². The van der Waals surface area contributed by atoms with Gasteiger partial charge in [0.1, 0.15) is 5.15 Å². The van der Waals surface area contributed by atoms with E-state index >= 15 is 0 Å². The highest BCUT2D eigenvalue weighted by molar-refractivity contribution is 9.10.